The van der Waals surface area contributed by atoms with Gasteiger partial charge in [0.05, 0.1) is 0 Å². The summed E-state index contributed by atoms with van der Waals surface area (Å²) in [6.45, 7) is 3.76. The van der Waals surface area contributed by atoms with Crippen molar-refractivity contribution in [2.45, 2.75) is 19.8 Å². The minimum absolute atomic E-state index is 0.297. The fourth-order valence-corrected chi connectivity index (χ4v) is 3.86. The van der Waals surface area contributed by atoms with Crippen LogP contribution in [-0.2, 0) is 0 Å². The molecule has 0 saturated carbocycles. The van der Waals surface area contributed by atoms with Crippen molar-refractivity contribution in [1.82, 2.24) is 9.97 Å². The number of nitrogens with one attached hydrogen (secondary N) is 1. The Morgan fingerprint density at radius 1 is 1.22 bits per heavy atom. The number of nitrogens with zero attached hydrogens (tertiary/aromatic N) is 3. The van der Waals surface area contributed by atoms with Crippen LogP contribution in [0.25, 0.3) is 10.6 Å². The number of aromatic nitrogens is 2. The lowest BCUT2D eigenvalue weighted by molar-refractivity contribution is 0.102. The van der Waals surface area contributed by atoms with E-state index in [0.29, 0.717) is 16.9 Å². The number of amides is 1. The van der Waals surface area contributed by atoms with Crippen molar-refractivity contribution in [2.75, 3.05) is 23.3 Å². The highest BCUT2D eigenvalue weighted by Crippen LogP contribution is 2.26. The van der Waals surface area contributed by atoms with Crippen LogP contribution in [0.5, 0.6) is 0 Å². The van der Waals surface area contributed by atoms with Crippen molar-refractivity contribution >= 4 is 28.7 Å². The Morgan fingerprint density at radius 3 is 2.74 bits per heavy atom. The van der Waals surface area contributed by atoms with Gasteiger partial charge < -0.3 is 10.2 Å². The van der Waals surface area contributed by atoms with Crippen LogP contribution in [0, 0.1) is 12.7 Å². The molecule has 3 heterocycles. The normalized spacial score (nSPS) is 13.8. The van der Waals surface area contributed by atoms with Gasteiger partial charge >= 0.3 is 0 Å². The fourth-order valence-electron chi connectivity index (χ4n) is 3.07. The van der Waals surface area contributed by atoms with Crippen LogP contribution in [0.4, 0.5) is 15.9 Å². The fraction of sp³-hybridized carbons (Fsp3) is 0.250. The van der Waals surface area contributed by atoms with Crippen molar-refractivity contribution in [3.05, 3.63) is 59.0 Å². The number of thiazole rings is 1. The number of rotatable bonds is 4. The first-order valence-electron chi connectivity index (χ1n) is 8.84. The number of carbonyl (C=O) groups is 1. The van der Waals surface area contributed by atoms with E-state index in [9.17, 15) is 9.18 Å². The highest BCUT2D eigenvalue weighted by atomic mass is 32.1. The Balaban J connectivity index is 1.47. The molecule has 5 nitrogen and oxygen atoms in total. The number of pyridine rings is 1. The van der Waals surface area contributed by atoms with E-state index in [0.717, 1.165) is 29.5 Å². The standard InChI is InChI=1S/C20H19FN4OS/c1-13-10-15(5-6-16(13)21)23-19(26)17-12-27-20(24-17)14-4-7-18(22-11-14)25-8-2-3-9-25/h4-7,10-12H,2-3,8-9H2,1H3,(H,23,26). The van der Waals surface area contributed by atoms with Gasteiger partial charge in [-0.1, -0.05) is 0 Å². The number of halogens is 1. The number of carbonyl (C=O) groups excluding carboxylic acids is 1. The lowest BCUT2D eigenvalue weighted by Gasteiger charge is -2.15. The largest absolute Gasteiger partial charge is 0.357 e. The molecule has 4 rings (SSSR count). The monoisotopic (exact) mass is 382 g/mol. The lowest BCUT2D eigenvalue weighted by atomic mass is 10.2. The molecule has 2 aromatic heterocycles. The van der Waals surface area contributed by atoms with Gasteiger partial charge in [-0.2, -0.15) is 0 Å². The second-order valence-electron chi connectivity index (χ2n) is 6.56. The minimum Gasteiger partial charge on any atom is -0.357 e. The zero-order chi connectivity index (χ0) is 18.8. The first-order chi connectivity index (χ1) is 13.1. The maximum absolute atomic E-state index is 13.3. The van der Waals surface area contributed by atoms with Gasteiger partial charge in [0.25, 0.3) is 5.91 Å². The average Bonchev–Trinajstić information content (AvgIpc) is 3.37. The zero-order valence-electron chi connectivity index (χ0n) is 14.9. The van der Waals surface area contributed by atoms with Crippen LogP contribution < -0.4 is 10.2 Å². The van der Waals surface area contributed by atoms with Gasteiger partial charge in [-0.3, -0.25) is 4.79 Å². The summed E-state index contributed by atoms with van der Waals surface area (Å²) >= 11 is 1.40. The van der Waals surface area contributed by atoms with Crippen LogP contribution in [0.3, 0.4) is 0 Å². The highest BCUT2D eigenvalue weighted by Gasteiger charge is 2.15. The molecular formula is C20H19FN4OS. The SMILES string of the molecule is Cc1cc(NC(=O)c2csc(-c3ccc(N4CCCC4)nc3)n2)ccc1F. The summed E-state index contributed by atoms with van der Waals surface area (Å²) in [5.74, 6) is 0.372. The second-order valence-corrected chi connectivity index (χ2v) is 7.41. The van der Waals surface area contributed by atoms with Crippen molar-refractivity contribution in [3.63, 3.8) is 0 Å². The van der Waals surface area contributed by atoms with E-state index in [2.05, 4.69) is 20.2 Å². The number of aryl methyl sites for hydroxylation is 1. The molecule has 0 atom stereocenters. The predicted octanol–water partition coefficient (Wildman–Crippen LogP) is 4.51. The summed E-state index contributed by atoms with van der Waals surface area (Å²) in [6.07, 6.45) is 4.22. The molecule has 0 bridgehead atoms. The summed E-state index contributed by atoms with van der Waals surface area (Å²) < 4.78 is 13.3. The Hall–Kier alpha value is -2.80. The van der Waals surface area contributed by atoms with Gasteiger partial charge in [0.15, 0.2) is 0 Å². The topological polar surface area (TPSA) is 58.1 Å². The molecule has 0 radical (unpaired) electrons. The lowest BCUT2D eigenvalue weighted by Crippen LogP contribution is -2.18. The molecule has 0 aliphatic carbocycles. The van der Waals surface area contributed by atoms with Gasteiger partial charge in [-0.15, -0.1) is 11.3 Å². The number of hydrogen-bond donors (Lipinski definition) is 1. The predicted molar refractivity (Wildman–Crippen MR) is 106 cm³/mol. The number of anilines is 2. The minimum atomic E-state index is -0.315. The van der Waals surface area contributed by atoms with E-state index in [1.807, 2.05) is 12.1 Å². The molecule has 138 valence electrons. The van der Waals surface area contributed by atoms with E-state index in [1.54, 1.807) is 24.6 Å². The van der Waals surface area contributed by atoms with E-state index in [4.69, 9.17) is 0 Å². The Labute approximate surface area is 160 Å². The number of hydrogen-bond acceptors (Lipinski definition) is 5. The van der Waals surface area contributed by atoms with Crippen LogP contribution >= 0.6 is 11.3 Å². The van der Waals surface area contributed by atoms with Gasteiger partial charge in [0.1, 0.15) is 22.3 Å². The van der Waals surface area contributed by atoms with E-state index < -0.39 is 0 Å². The Kier molecular flexibility index (Phi) is 4.85. The Bertz CT molecular complexity index is 964. The third kappa shape index (κ3) is 3.83. The van der Waals surface area contributed by atoms with Crippen LogP contribution in [0.2, 0.25) is 0 Å². The molecule has 1 fully saturated rings. The second kappa shape index (κ2) is 7.44. The van der Waals surface area contributed by atoms with Gasteiger partial charge in [-0.25, -0.2) is 14.4 Å². The summed E-state index contributed by atoms with van der Waals surface area (Å²) in [5.41, 5.74) is 2.25. The maximum Gasteiger partial charge on any atom is 0.275 e. The summed E-state index contributed by atoms with van der Waals surface area (Å²) in [5, 5.41) is 5.22. The maximum atomic E-state index is 13.3. The van der Waals surface area contributed by atoms with Crippen LogP contribution in [-0.4, -0.2) is 29.0 Å². The molecular weight excluding hydrogens is 363 g/mol. The van der Waals surface area contributed by atoms with Crippen LogP contribution in [0.1, 0.15) is 28.9 Å². The van der Waals surface area contributed by atoms with Crippen molar-refractivity contribution in [1.29, 1.82) is 0 Å². The van der Waals surface area contributed by atoms with Crippen LogP contribution in [0.15, 0.2) is 41.9 Å². The third-order valence-corrected chi connectivity index (χ3v) is 5.47. The molecule has 0 unspecified atom stereocenters. The quantitative estimate of drug-likeness (QED) is 0.722. The molecule has 1 aromatic carbocycles. The molecule has 1 saturated heterocycles. The molecule has 3 aromatic rings. The van der Waals surface area contributed by atoms with Gasteiger partial charge in [0.2, 0.25) is 0 Å². The van der Waals surface area contributed by atoms with Crippen molar-refractivity contribution in [3.8, 4) is 10.6 Å². The molecule has 0 spiro atoms. The van der Waals surface area contributed by atoms with Crippen molar-refractivity contribution in [2.24, 2.45) is 0 Å². The molecule has 1 aliphatic rings. The molecule has 1 aliphatic heterocycles. The molecule has 7 heteroatoms. The average molecular weight is 382 g/mol. The zero-order valence-corrected chi connectivity index (χ0v) is 15.7. The van der Waals surface area contributed by atoms with Crippen molar-refractivity contribution < 1.29 is 9.18 Å². The molecule has 27 heavy (non-hydrogen) atoms. The van der Waals surface area contributed by atoms with Gasteiger partial charge in [-0.05, 0) is 55.7 Å². The molecule has 1 amide bonds. The van der Waals surface area contributed by atoms with Gasteiger partial charge in [0, 0.05) is 35.9 Å². The molecule has 1 N–H and O–H groups in total. The van der Waals surface area contributed by atoms with E-state index >= 15 is 0 Å². The smallest absolute Gasteiger partial charge is 0.275 e. The first kappa shape index (κ1) is 17.6. The highest BCUT2D eigenvalue weighted by molar-refractivity contribution is 7.13. The van der Waals surface area contributed by atoms with E-state index in [1.165, 1.54) is 36.3 Å². The third-order valence-electron chi connectivity index (χ3n) is 4.58. The summed E-state index contributed by atoms with van der Waals surface area (Å²) in [6, 6.07) is 8.47. The summed E-state index contributed by atoms with van der Waals surface area (Å²) in [7, 11) is 0. The summed E-state index contributed by atoms with van der Waals surface area (Å²) in [4.78, 5) is 23.6. The number of benzene rings is 1. The first-order valence-corrected chi connectivity index (χ1v) is 9.72. The Morgan fingerprint density at radius 2 is 2.04 bits per heavy atom. The van der Waals surface area contributed by atoms with E-state index in [-0.39, 0.29) is 11.7 Å².